The van der Waals surface area contributed by atoms with Gasteiger partial charge in [0.05, 0.1) is 13.2 Å². The Kier molecular flexibility index (Phi) is 5.10. The molecule has 0 aliphatic carbocycles. The van der Waals surface area contributed by atoms with Crippen LogP contribution < -0.4 is 10.1 Å². The van der Waals surface area contributed by atoms with Crippen LogP contribution in [0.3, 0.4) is 0 Å². The predicted octanol–water partition coefficient (Wildman–Crippen LogP) is 2.76. The molecule has 0 radical (unpaired) electrons. The zero-order valence-electron chi connectivity index (χ0n) is 11.8. The summed E-state index contributed by atoms with van der Waals surface area (Å²) in [5, 5.41) is 2.88. The Bertz CT molecular complexity index is 593. The second kappa shape index (κ2) is 7.24. The number of nitrogens with one attached hydrogen (secondary N) is 1. The first kappa shape index (κ1) is 14.8. The van der Waals surface area contributed by atoms with E-state index in [0.29, 0.717) is 5.56 Å². The largest absolute Gasteiger partial charge is 0.497 e. The molecule has 108 valence electrons. The second-order valence-corrected chi connectivity index (χ2v) is 4.57. The molecule has 0 saturated heterocycles. The first-order valence-corrected chi connectivity index (χ1v) is 6.68. The molecule has 1 amide bonds. The van der Waals surface area contributed by atoms with Gasteiger partial charge in [0.15, 0.2) is 0 Å². The minimum Gasteiger partial charge on any atom is -0.497 e. The monoisotopic (exact) mass is 283 g/mol. The molecule has 1 atom stereocenters. The summed E-state index contributed by atoms with van der Waals surface area (Å²) >= 11 is 0. The molecule has 2 rings (SSSR count). The van der Waals surface area contributed by atoms with E-state index in [4.69, 9.17) is 4.74 Å². The Morgan fingerprint density at radius 2 is 1.81 bits per heavy atom. The number of methoxy groups -OCH3 is 1. The number of amides is 1. The van der Waals surface area contributed by atoms with Crippen LogP contribution in [0.2, 0.25) is 0 Å². The van der Waals surface area contributed by atoms with E-state index in [9.17, 15) is 9.59 Å². The van der Waals surface area contributed by atoms with Gasteiger partial charge < -0.3 is 14.8 Å². The summed E-state index contributed by atoms with van der Waals surface area (Å²) in [4.78, 5) is 23.0. The number of carbonyl (C=O) groups is 2. The highest BCUT2D eigenvalue weighted by atomic mass is 16.5. The lowest BCUT2D eigenvalue weighted by Gasteiger charge is -2.17. The van der Waals surface area contributed by atoms with Crippen molar-refractivity contribution in [1.82, 2.24) is 5.32 Å². The first-order valence-electron chi connectivity index (χ1n) is 6.68. The molecule has 21 heavy (non-hydrogen) atoms. The van der Waals surface area contributed by atoms with E-state index in [1.54, 1.807) is 31.4 Å². The van der Waals surface area contributed by atoms with Gasteiger partial charge in [-0.1, -0.05) is 30.3 Å². The average molecular weight is 283 g/mol. The maximum absolute atomic E-state index is 12.2. The maximum Gasteiger partial charge on any atom is 0.251 e. The molecule has 1 N–H and O–H groups in total. The van der Waals surface area contributed by atoms with Gasteiger partial charge >= 0.3 is 0 Å². The van der Waals surface area contributed by atoms with Crippen LogP contribution in [0.15, 0.2) is 54.6 Å². The van der Waals surface area contributed by atoms with Gasteiger partial charge in [-0.25, -0.2) is 0 Å². The van der Waals surface area contributed by atoms with Crippen molar-refractivity contribution >= 4 is 12.2 Å². The average Bonchev–Trinajstić information content (AvgIpc) is 2.55. The van der Waals surface area contributed by atoms with E-state index >= 15 is 0 Å². The molecule has 4 heteroatoms. The molecule has 0 bridgehead atoms. The minimum absolute atomic E-state index is 0.196. The summed E-state index contributed by atoms with van der Waals surface area (Å²) in [6.45, 7) is 0. The van der Waals surface area contributed by atoms with Gasteiger partial charge in [0, 0.05) is 12.0 Å². The van der Waals surface area contributed by atoms with Crippen LogP contribution in [0.25, 0.3) is 0 Å². The van der Waals surface area contributed by atoms with Gasteiger partial charge in [-0.15, -0.1) is 0 Å². The van der Waals surface area contributed by atoms with Crippen LogP contribution in [-0.2, 0) is 4.79 Å². The SMILES string of the molecule is COc1ccc(C(CC=O)NC(=O)c2ccccc2)cc1. The highest BCUT2D eigenvalue weighted by molar-refractivity contribution is 5.94. The highest BCUT2D eigenvalue weighted by Gasteiger charge is 2.15. The number of carbonyl (C=O) groups excluding carboxylic acids is 2. The van der Waals surface area contributed by atoms with Crippen molar-refractivity contribution in [1.29, 1.82) is 0 Å². The third-order valence-corrected chi connectivity index (χ3v) is 3.19. The van der Waals surface area contributed by atoms with Gasteiger partial charge in [0.1, 0.15) is 12.0 Å². The fraction of sp³-hybridized carbons (Fsp3) is 0.176. The number of rotatable bonds is 6. The maximum atomic E-state index is 12.2. The molecule has 0 aliphatic rings. The van der Waals surface area contributed by atoms with Crippen molar-refractivity contribution in [3.63, 3.8) is 0 Å². The normalized spacial score (nSPS) is 11.5. The quantitative estimate of drug-likeness (QED) is 0.829. The molecule has 0 spiro atoms. The minimum atomic E-state index is -0.346. The van der Waals surface area contributed by atoms with Gasteiger partial charge in [0.25, 0.3) is 5.91 Å². The lowest BCUT2D eigenvalue weighted by atomic mass is 10.0. The van der Waals surface area contributed by atoms with Gasteiger partial charge in [-0.3, -0.25) is 4.79 Å². The molecule has 1 unspecified atom stereocenters. The molecule has 4 nitrogen and oxygen atoms in total. The van der Waals surface area contributed by atoms with E-state index in [1.165, 1.54) is 0 Å². The Morgan fingerprint density at radius 3 is 2.38 bits per heavy atom. The fourth-order valence-electron chi connectivity index (χ4n) is 2.04. The van der Waals surface area contributed by atoms with E-state index in [1.807, 2.05) is 30.3 Å². The third-order valence-electron chi connectivity index (χ3n) is 3.19. The third kappa shape index (κ3) is 3.92. The summed E-state index contributed by atoms with van der Waals surface area (Å²) < 4.78 is 5.10. The zero-order valence-corrected chi connectivity index (χ0v) is 11.8. The smallest absolute Gasteiger partial charge is 0.251 e. The van der Waals surface area contributed by atoms with Crippen molar-refractivity contribution in [3.8, 4) is 5.75 Å². The van der Waals surface area contributed by atoms with Crippen LogP contribution in [0.1, 0.15) is 28.4 Å². The van der Waals surface area contributed by atoms with Gasteiger partial charge in [-0.05, 0) is 29.8 Å². The zero-order chi connectivity index (χ0) is 15.1. The van der Waals surface area contributed by atoms with Crippen LogP contribution in [-0.4, -0.2) is 19.3 Å². The molecule has 0 aromatic heterocycles. The predicted molar refractivity (Wildman–Crippen MR) is 80.3 cm³/mol. The van der Waals surface area contributed by atoms with Crippen molar-refractivity contribution in [2.75, 3.05) is 7.11 Å². The molecule has 2 aromatic rings. The Balaban J connectivity index is 2.14. The standard InChI is InChI=1S/C17H17NO3/c1-21-15-9-7-13(8-10-15)16(11-12-19)18-17(20)14-5-3-2-4-6-14/h2-10,12,16H,11H2,1H3,(H,18,20). The van der Waals surface area contributed by atoms with Crippen LogP contribution >= 0.6 is 0 Å². The van der Waals surface area contributed by atoms with Crippen molar-refractivity contribution in [3.05, 3.63) is 65.7 Å². The van der Waals surface area contributed by atoms with E-state index in [-0.39, 0.29) is 18.4 Å². The molecule has 0 saturated carbocycles. The summed E-state index contributed by atoms with van der Waals surface area (Å²) in [7, 11) is 1.59. The van der Waals surface area contributed by atoms with E-state index in [0.717, 1.165) is 17.6 Å². The molecular formula is C17H17NO3. The van der Waals surface area contributed by atoms with Crippen molar-refractivity contribution in [2.45, 2.75) is 12.5 Å². The number of benzene rings is 2. The summed E-state index contributed by atoms with van der Waals surface area (Å²) in [5.74, 6) is 0.538. The topological polar surface area (TPSA) is 55.4 Å². The Hall–Kier alpha value is -2.62. The highest BCUT2D eigenvalue weighted by Crippen LogP contribution is 2.20. The molecule has 2 aromatic carbocycles. The number of aldehydes is 1. The van der Waals surface area contributed by atoms with Crippen molar-refractivity contribution < 1.29 is 14.3 Å². The fourth-order valence-corrected chi connectivity index (χ4v) is 2.04. The van der Waals surface area contributed by atoms with Crippen molar-refractivity contribution in [2.24, 2.45) is 0 Å². The Labute approximate surface area is 123 Å². The lowest BCUT2D eigenvalue weighted by Crippen LogP contribution is -2.28. The number of hydrogen-bond donors (Lipinski definition) is 1. The van der Waals surface area contributed by atoms with Gasteiger partial charge in [-0.2, -0.15) is 0 Å². The van der Waals surface area contributed by atoms with E-state index in [2.05, 4.69) is 5.32 Å². The summed E-state index contributed by atoms with van der Waals surface area (Å²) in [5.41, 5.74) is 1.44. The Morgan fingerprint density at radius 1 is 1.14 bits per heavy atom. The molecule has 0 aliphatic heterocycles. The van der Waals surface area contributed by atoms with Crippen LogP contribution in [0.4, 0.5) is 0 Å². The molecular weight excluding hydrogens is 266 g/mol. The van der Waals surface area contributed by atoms with Gasteiger partial charge in [0.2, 0.25) is 0 Å². The summed E-state index contributed by atoms with van der Waals surface area (Å²) in [6.07, 6.45) is 1.03. The number of ether oxygens (including phenoxy) is 1. The molecule has 0 fully saturated rings. The second-order valence-electron chi connectivity index (χ2n) is 4.57. The lowest BCUT2D eigenvalue weighted by molar-refractivity contribution is -0.108. The van der Waals surface area contributed by atoms with E-state index < -0.39 is 0 Å². The summed E-state index contributed by atoms with van der Waals surface area (Å²) in [6, 6.07) is 15.9. The van der Waals surface area contributed by atoms with Crippen LogP contribution in [0, 0.1) is 0 Å². The van der Waals surface area contributed by atoms with Crippen LogP contribution in [0.5, 0.6) is 5.75 Å². The molecule has 0 heterocycles. The first-order chi connectivity index (χ1) is 10.2. The number of hydrogen-bond acceptors (Lipinski definition) is 3.